The van der Waals surface area contributed by atoms with Gasteiger partial charge in [0.05, 0.1) is 6.10 Å². The Bertz CT molecular complexity index is 221. The minimum absolute atomic E-state index is 0.1000. The van der Waals surface area contributed by atoms with Crippen molar-refractivity contribution in [1.29, 1.82) is 0 Å². The van der Waals surface area contributed by atoms with Gasteiger partial charge in [-0.2, -0.15) is 0 Å². The van der Waals surface area contributed by atoms with Crippen molar-refractivity contribution in [1.82, 2.24) is 10.6 Å². The van der Waals surface area contributed by atoms with Crippen LogP contribution in [0.1, 0.15) is 51.9 Å². The number of aliphatic hydroxyl groups is 1. The summed E-state index contributed by atoms with van der Waals surface area (Å²) in [6.45, 7) is 3.84. The van der Waals surface area contributed by atoms with Crippen LogP contribution < -0.4 is 10.6 Å². The normalized spacial score (nSPS) is 23.6. The lowest BCUT2D eigenvalue weighted by Crippen LogP contribution is -2.42. The maximum absolute atomic E-state index is 11.5. The van der Waals surface area contributed by atoms with E-state index in [0.29, 0.717) is 12.8 Å². The summed E-state index contributed by atoms with van der Waals surface area (Å²) in [6, 6.07) is 0.131. The third kappa shape index (κ3) is 6.64. The van der Waals surface area contributed by atoms with Crippen molar-refractivity contribution in [3.8, 4) is 0 Å². The van der Waals surface area contributed by atoms with Gasteiger partial charge in [0.2, 0.25) is 5.91 Å². The maximum Gasteiger partial charge on any atom is 0.221 e. The van der Waals surface area contributed by atoms with E-state index in [4.69, 9.17) is 0 Å². The largest absolute Gasteiger partial charge is 0.393 e. The Morgan fingerprint density at radius 1 is 1.41 bits per heavy atom. The van der Waals surface area contributed by atoms with Gasteiger partial charge in [-0.25, -0.2) is 0 Å². The molecule has 0 aromatic heterocycles. The molecule has 0 aliphatic carbocycles. The third-order valence-corrected chi connectivity index (χ3v) is 3.24. The van der Waals surface area contributed by atoms with Crippen LogP contribution in [0.4, 0.5) is 0 Å². The number of hydrogen-bond donors (Lipinski definition) is 3. The first kappa shape index (κ1) is 14.5. The Morgan fingerprint density at radius 2 is 2.24 bits per heavy atom. The van der Waals surface area contributed by atoms with E-state index in [2.05, 4.69) is 17.6 Å². The number of carbonyl (C=O) groups is 1. The first-order chi connectivity index (χ1) is 8.22. The number of hydrogen-bond acceptors (Lipinski definition) is 3. The molecule has 2 atom stereocenters. The summed E-state index contributed by atoms with van der Waals surface area (Å²) in [6.07, 6.45) is 6.17. The molecule has 0 saturated carbocycles. The molecule has 0 aromatic carbocycles. The van der Waals surface area contributed by atoms with Gasteiger partial charge in [-0.1, -0.05) is 26.2 Å². The predicted molar refractivity (Wildman–Crippen MR) is 68.8 cm³/mol. The van der Waals surface area contributed by atoms with E-state index in [1.54, 1.807) is 0 Å². The monoisotopic (exact) mass is 242 g/mol. The standard InChI is InChI=1S/C13H26N2O2/c1-2-3-4-6-12(16)9-11-10-13(17)15-8-5-7-14-11/h11-12,14,16H,2-10H2,1H3,(H,15,17)/t11-,12+/m1/s1. The van der Waals surface area contributed by atoms with Crippen molar-refractivity contribution < 1.29 is 9.90 Å². The molecule has 0 radical (unpaired) electrons. The van der Waals surface area contributed by atoms with Gasteiger partial charge in [-0.15, -0.1) is 0 Å². The number of aliphatic hydroxyl groups excluding tert-OH is 1. The van der Waals surface area contributed by atoms with E-state index in [1.165, 1.54) is 12.8 Å². The fraction of sp³-hybridized carbons (Fsp3) is 0.923. The maximum atomic E-state index is 11.5. The lowest BCUT2D eigenvalue weighted by Gasteiger charge is -2.23. The van der Waals surface area contributed by atoms with Crippen LogP contribution in [0, 0.1) is 0 Å². The first-order valence-electron chi connectivity index (χ1n) is 6.90. The smallest absolute Gasteiger partial charge is 0.221 e. The van der Waals surface area contributed by atoms with E-state index in [1.807, 2.05) is 0 Å². The zero-order valence-electron chi connectivity index (χ0n) is 10.9. The molecule has 0 aromatic rings. The van der Waals surface area contributed by atoms with Crippen LogP contribution in [-0.4, -0.2) is 36.2 Å². The molecule has 100 valence electrons. The van der Waals surface area contributed by atoms with E-state index >= 15 is 0 Å². The highest BCUT2D eigenvalue weighted by Gasteiger charge is 2.18. The topological polar surface area (TPSA) is 61.4 Å². The lowest BCUT2D eigenvalue weighted by molar-refractivity contribution is -0.122. The molecule has 4 nitrogen and oxygen atoms in total. The van der Waals surface area contributed by atoms with Crippen LogP contribution in [0.15, 0.2) is 0 Å². The molecule has 1 saturated heterocycles. The molecule has 3 N–H and O–H groups in total. The van der Waals surface area contributed by atoms with Crippen molar-refractivity contribution in [3.63, 3.8) is 0 Å². The van der Waals surface area contributed by atoms with E-state index in [-0.39, 0.29) is 18.1 Å². The zero-order chi connectivity index (χ0) is 12.5. The molecular formula is C13H26N2O2. The summed E-state index contributed by atoms with van der Waals surface area (Å²) in [5.41, 5.74) is 0. The molecule has 4 heteroatoms. The molecule has 1 amide bonds. The number of nitrogens with one attached hydrogen (secondary N) is 2. The highest BCUT2D eigenvalue weighted by molar-refractivity contribution is 5.76. The van der Waals surface area contributed by atoms with Crippen LogP contribution in [-0.2, 0) is 4.79 Å². The average molecular weight is 242 g/mol. The second-order valence-electron chi connectivity index (χ2n) is 4.94. The van der Waals surface area contributed by atoms with Crippen LogP contribution in [0.25, 0.3) is 0 Å². The number of rotatable bonds is 6. The minimum Gasteiger partial charge on any atom is -0.393 e. The number of carbonyl (C=O) groups excluding carboxylic acids is 1. The predicted octanol–water partition coefficient (Wildman–Crippen LogP) is 1.19. The van der Waals surface area contributed by atoms with Crippen LogP contribution in [0.2, 0.25) is 0 Å². The van der Waals surface area contributed by atoms with Gasteiger partial charge in [-0.3, -0.25) is 4.79 Å². The summed E-state index contributed by atoms with van der Waals surface area (Å²) in [7, 11) is 0. The highest BCUT2D eigenvalue weighted by atomic mass is 16.3. The van der Waals surface area contributed by atoms with E-state index < -0.39 is 0 Å². The minimum atomic E-state index is -0.272. The van der Waals surface area contributed by atoms with E-state index in [9.17, 15) is 9.90 Å². The molecule has 1 heterocycles. The summed E-state index contributed by atoms with van der Waals surface area (Å²) in [5, 5.41) is 16.1. The Kier molecular flexibility index (Phi) is 7.21. The van der Waals surface area contributed by atoms with Crippen LogP contribution >= 0.6 is 0 Å². The van der Waals surface area contributed by atoms with Crippen LogP contribution in [0.3, 0.4) is 0 Å². The van der Waals surface area contributed by atoms with Crippen molar-refractivity contribution in [2.24, 2.45) is 0 Å². The summed E-state index contributed by atoms with van der Waals surface area (Å²) >= 11 is 0. The van der Waals surface area contributed by atoms with Gasteiger partial charge in [-0.05, 0) is 25.8 Å². The Morgan fingerprint density at radius 3 is 3.00 bits per heavy atom. The van der Waals surface area contributed by atoms with Gasteiger partial charge in [0.25, 0.3) is 0 Å². The Hall–Kier alpha value is -0.610. The van der Waals surface area contributed by atoms with Gasteiger partial charge >= 0.3 is 0 Å². The SMILES string of the molecule is CCCCC[C@H](O)C[C@@H]1CC(=O)NCCCN1. The summed E-state index contributed by atoms with van der Waals surface area (Å²) in [4.78, 5) is 11.5. The molecule has 1 rings (SSSR count). The number of unbranched alkanes of at least 4 members (excludes halogenated alkanes) is 2. The average Bonchev–Trinajstić information content (AvgIpc) is 2.25. The first-order valence-corrected chi connectivity index (χ1v) is 6.90. The molecule has 1 aliphatic rings. The van der Waals surface area contributed by atoms with Crippen molar-refractivity contribution in [2.45, 2.75) is 64.0 Å². The summed E-state index contributed by atoms with van der Waals surface area (Å²) in [5.74, 6) is 0.1000. The lowest BCUT2D eigenvalue weighted by atomic mass is 10.0. The molecule has 1 fully saturated rings. The zero-order valence-corrected chi connectivity index (χ0v) is 10.9. The Labute approximate surface area is 104 Å². The fourth-order valence-corrected chi connectivity index (χ4v) is 2.23. The summed E-state index contributed by atoms with van der Waals surface area (Å²) < 4.78 is 0. The highest BCUT2D eigenvalue weighted by Crippen LogP contribution is 2.11. The molecule has 0 spiro atoms. The molecule has 17 heavy (non-hydrogen) atoms. The molecular weight excluding hydrogens is 216 g/mol. The van der Waals surface area contributed by atoms with Crippen molar-refractivity contribution in [2.75, 3.05) is 13.1 Å². The van der Waals surface area contributed by atoms with Gasteiger partial charge in [0, 0.05) is 19.0 Å². The van der Waals surface area contributed by atoms with Crippen LogP contribution in [0.5, 0.6) is 0 Å². The Balaban J connectivity index is 2.24. The molecule has 1 aliphatic heterocycles. The van der Waals surface area contributed by atoms with E-state index in [0.717, 1.165) is 32.4 Å². The van der Waals surface area contributed by atoms with Gasteiger partial charge in [0.1, 0.15) is 0 Å². The molecule has 0 unspecified atom stereocenters. The van der Waals surface area contributed by atoms with Gasteiger partial charge in [0.15, 0.2) is 0 Å². The second-order valence-corrected chi connectivity index (χ2v) is 4.94. The van der Waals surface area contributed by atoms with Crippen molar-refractivity contribution >= 4 is 5.91 Å². The number of amides is 1. The van der Waals surface area contributed by atoms with Gasteiger partial charge < -0.3 is 15.7 Å². The van der Waals surface area contributed by atoms with Crippen molar-refractivity contribution in [3.05, 3.63) is 0 Å². The fourth-order valence-electron chi connectivity index (χ4n) is 2.23. The molecule has 0 bridgehead atoms. The quantitative estimate of drug-likeness (QED) is 0.613. The second kappa shape index (κ2) is 8.48. The third-order valence-electron chi connectivity index (χ3n) is 3.24.